The summed E-state index contributed by atoms with van der Waals surface area (Å²) in [5, 5.41) is 23.5. The first kappa shape index (κ1) is 28.3. The van der Waals surface area contributed by atoms with Crippen LogP contribution in [-0.2, 0) is 14.3 Å². The quantitative estimate of drug-likeness (QED) is 0.271. The molecule has 2 aromatic carbocycles. The predicted octanol–water partition coefficient (Wildman–Crippen LogP) is 3.69. The zero-order valence-corrected chi connectivity index (χ0v) is 22.9. The van der Waals surface area contributed by atoms with Crippen molar-refractivity contribution in [1.82, 2.24) is 0 Å². The van der Waals surface area contributed by atoms with E-state index in [-0.39, 0.29) is 54.5 Å². The van der Waals surface area contributed by atoms with Gasteiger partial charge in [0.1, 0.15) is 18.8 Å². The Kier molecular flexibility index (Phi) is 8.15. The van der Waals surface area contributed by atoms with Crippen LogP contribution in [0.1, 0.15) is 44.1 Å². The molecular formula is C28H34O11. The maximum atomic E-state index is 12.3. The summed E-state index contributed by atoms with van der Waals surface area (Å²) in [6.45, 7) is 8.00. The third-order valence-corrected chi connectivity index (χ3v) is 7.05. The molecule has 11 nitrogen and oxygen atoms in total. The van der Waals surface area contributed by atoms with E-state index in [1.807, 2.05) is 0 Å². The van der Waals surface area contributed by atoms with Crippen LogP contribution in [0.2, 0.25) is 0 Å². The van der Waals surface area contributed by atoms with E-state index in [4.69, 9.17) is 37.9 Å². The van der Waals surface area contributed by atoms with Crippen molar-refractivity contribution < 1.29 is 52.9 Å². The van der Waals surface area contributed by atoms with E-state index in [9.17, 15) is 15.0 Å². The third kappa shape index (κ3) is 4.81. The van der Waals surface area contributed by atoms with Crippen LogP contribution in [0.3, 0.4) is 0 Å². The highest BCUT2D eigenvalue weighted by atomic mass is 16.7. The zero-order valence-electron chi connectivity index (χ0n) is 22.9. The van der Waals surface area contributed by atoms with Gasteiger partial charge < -0.3 is 48.1 Å². The molecule has 0 aromatic heterocycles. The molecule has 2 aromatic rings. The smallest absolute Gasteiger partial charge is 0.303 e. The fraction of sp³-hybridized carbons (Fsp3) is 0.464. The molecule has 2 aliphatic rings. The fourth-order valence-corrected chi connectivity index (χ4v) is 4.99. The Morgan fingerprint density at radius 1 is 1.10 bits per heavy atom. The van der Waals surface area contributed by atoms with Crippen LogP contribution in [0.5, 0.6) is 34.5 Å². The van der Waals surface area contributed by atoms with Crippen molar-refractivity contribution in [3.63, 3.8) is 0 Å². The van der Waals surface area contributed by atoms with Crippen LogP contribution in [0, 0.1) is 5.92 Å². The minimum atomic E-state index is -1.80. The van der Waals surface area contributed by atoms with Gasteiger partial charge >= 0.3 is 5.97 Å². The van der Waals surface area contributed by atoms with Crippen LogP contribution in [0.25, 0.3) is 11.1 Å². The molecule has 1 aliphatic carbocycles. The lowest BCUT2D eigenvalue weighted by Gasteiger charge is -2.42. The van der Waals surface area contributed by atoms with Crippen LogP contribution >= 0.6 is 0 Å². The van der Waals surface area contributed by atoms with Crippen molar-refractivity contribution >= 4 is 5.97 Å². The molecule has 0 saturated heterocycles. The Labute approximate surface area is 226 Å². The van der Waals surface area contributed by atoms with E-state index < -0.39 is 29.7 Å². The Morgan fingerprint density at radius 3 is 2.44 bits per heavy atom. The molecule has 1 aliphatic heterocycles. The number of carbonyl (C=O) groups excluding carboxylic acids is 1. The number of hydrogen-bond acceptors (Lipinski definition) is 11. The van der Waals surface area contributed by atoms with E-state index in [0.29, 0.717) is 22.4 Å². The third-order valence-electron chi connectivity index (χ3n) is 7.05. The second-order valence-corrected chi connectivity index (χ2v) is 9.41. The zero-order chi connectivity index (χ0) is 28.5. The molecule has 4 atom stereocenters. The topological polar surface area (TPSA) is 131 Å². The van der Waals surface area contributed by atoms with Crippen LogP contribution < -0.4 is 28.4 Å². The number of carbonyl (C=O) groups is 1. The lowest BCUT2D eigenvalue weighted by Crippen LogP contribution is -2.44. The molecular weight excluding hydrogens is 512 g/mol. The maximum absolute atomic E-state index is 12.3. The first-order chi connectivity index (χ1) is 18.6. The number of rotatable bonds is 9. The van der Waals surface area contributed by atoms with Gasteiger partial charge in [-0.25, -0.2) is 0 Å². The molecule has 39 heavy (non-hydrogen) atoms. The number of hydrogen-bond donors (Lipinski definition) is 2. The lowest BCUT2D eigenvalue weighted by atomic mass is 9.71. The van der Waals surface area contributed by atoms with Crippen molar-refractivity contribution in [2.75, 3.05) is 41.5 Å². The minimum absolute atomic E-state index is 0.0698. The van der Waals surface area contributed by atoms with Gasteiger partial charge in [0.05, 0.1) is 19.8 Å². The maximum Gasteiger partial charge on any atom is 0.303 e. The monoisotopic (exact) mass is 546 g/mol. The van der Waals surface area contributed by atoms with Gasteiger partial charge in [0, 0.05) is 36.6 Å². The standard InChI is InChI=1S/C28H34O11/c1-8-9-35-25-21-17(11-18(33-6)23(25)34-7)27(30)28(4,31)14(2)22(39-15(3)29)16-10-19-24(38-13-36-19)26(20(16)21)37-12-32-5/h8,10-11,14,22,27,30-31H,1,9,12-13H2,2-7H3/t14-,22+,27-,28-/m0/s1. The SMILES string of the molecule is C=CCOc1c(OC)c(OC)cc2c1-c1c(cc3c(c1OCOC)OCO3)[C@H](OC(C)=O)[C@H](C)[C@](C)(O)[C@H]2O. The lowest BCUT2D eigenvalue weighted by molar-refractivity contribution is -0.166. The summed E-state index contributed by atoms with van der Waals surface area (Å²) < 4.78 is 45.9. The van der Waals surface area contributed by atoms with Gasteiger partial charge in [-0.3, -0.25) is 4.79 Å². The molecule has 0 fully saturated rings. The first-order valence-corrected chi connectivity index (χ1v) is 12.3. The van der Waals surface area contributed by atoms with Crippen molar-refractivity contribution in [1.29, 1.82) is 0 Å². The summed E-state index contributed by atoms with van der Waals surface area (Å²) in [6.07, 6.45) is -0.997. The summed E-state index contributed by atoms with van der Waals surface area (Å²) in [4.78, 5) is 12.3. The second-order valence-electron chi connectivity index (χ2n) is 9.41. The number of esters is 1. The largest absolute Gasteiger partial charge is 0.493 e. The fourth-order valence-electron chi connectivity index (χ4n) is 4.99. The second kappa shape index (κ2) is 11.2. The van der Waals surface area contributed by atoms with E-state index >= 15 is 0 Å². The van der Waals surface area contributed by atoms with Crippen molar-refractivity contribution in [2.45, 2.75) is 38.6 Å². The number of methoxy groups -OCH3 is 3. The normalized spacial score (nSPS) is 23.0. The average Bonchev–Trinajstić information content (AvgIpc) is 3.39. The summed E-state index contributed by atoms with van der Waals surface area (Å²) in [5.74, 6) is 0.108. The van der Waals surface area contributed by atoms with Gasteiger partial charge in [0.2, 0.25) is 18.3 Å². The van der Waals surface area contributed by atoms with Crippen molar-refractivity contribution in [3.8, 4) is 45.6 Å². The average molecular weight is 547 g/mol. The Balaban J connectivity index is 2.24. The Bertz CT molecular complexity index is 1250. The molecule has 212 valence electrons. The van der Waals surface area contributed by atoms with Crippen LogP contribution in [0.15, 0.2) is 24.8 Å². The molecule has 0 bridgehead atoms. The van der Waals surface area contributed by atoms with Gasteiger partial charge in [-0.2, -0.15) is 0 Å². The Morgan fingerprint density at radius 2 is 1.82 bits per heavy atom. The van der Waals surface area contributed by atoms with E-state index in [1.54, 1.807) is 25.1 Å². The Hall–Kier alpha value is -3.67. The molecule has 0 amide bonds. The van der Waals surface area contributed by atoms with Gasteiger partial charge in [0.15, 0.2) is 29.8 Å². The van der Waals surface area contributed by atoms with Gasteiger partial charge in [0.25, 0.3) is 0 Å². The summed E-state index contributed by atoms with van der Waals surface area (Å²) >= 11 is 0. The van der Waals surface area contributed by atoms with Crippen molar-refractivity contribution in [2.24, 2.45) is 5.92 Å². The minimum Gasteiger partial charge on any atom is -0.493 e. The molecule has 0 unspecified atom stereocenters. The summed E-state index contributed by atoms with van der Waals surface area (Å²) in [7, 11) is 4.37. The van der Waals surface area contributed by atoms with E-state index in [0.717, 1.165) is 0 Å². The molecule has 0 spiro atoms. The van der Waals surface area contributed by atoms with Crippen LogP contribution in [0.4, 0.5) is 0 Å². The predicted molar refractivity (Wildman–Crippen MR) is 139 cm³/mol. The molecule has 4 rings (SSSR count). The van der Waals surface area contributed by atoms with Crippen molar-refractivity contribution in [3.05, 3.63) is 35.9 Å². The van der Waals surface area contributed by atoms with E-state index in [2.05, 4.69) is 6.58 Å². The van der Waals surface area contributed by atoms with Gasteiger partial charge in [-0.1, -0.05) is 19.6 Å². The molecule has 2 N–H and O–H groups in total. The van der Waals surface area contributed by atoms with Gasteiger partial charge in [-0.15, -0.1) is 0 Å². The highest BCUT2D eigenvalue weighted by Gasteiger charge is 2.49. The number of ether oxygens (including phenoxy) is 8. The highest BCUT2D eigenvalue weighted by Crippen LogP contribution is 2.60. The molecule has 0 saturated carbocycles. The van der Waals surface area contributed by atoms with Crippen LogP contribution in [-0.4, -0.2) is 63.3 Å². The molecule has 1 heterocycles. The van der Waals surface area contributed by atoms with Gasteiger partial charge in [-0.05, 0) is 24.6 Å². The van der Waals surface area contributed by atoms with E-state index in [1.165, 1.54) is 35.2 Å². The highest BCUT2D eigenvalue weighted by molar-refractivity contribution is 5.89. The number of aliphatic hydroxyl groups is 2. The first-order valence-electron chi connectivity index (χ1n) is 12.3. The molecule has 11 heteroatoms. The number of aliphatic hydroxyl groups excluding tert-OH is 1. The molecule has 0 radical (unpaired) electrons. The summed E-state index contributed by atoms with van der Waals surface area (Å²) in [6, 6.07) is 3.24. The number of benzene rings is 2. The summed E-state index contributed by atoms with van der Waals surface area (Å²) in [5.41, 5.74) is -0.430. The number of fused-ring (bicyclic) bond motifs is 4.